The molecule has 1 N–H and O–H groups in total. The molecule has 104 valence electrons. The maximum Gasteiger partial charge on any atom is 0.254 e. The molecule has 2 unspecified atom stereocenters. The highest BCUT2D eigenvalue weighted by molar-refractivity contribution is 7.10. The van der Waals surface area contributed by atoms with Crippen LogP contribution in [0.1, 0.15) is 28.6 Å². The first-order valence-electron chi connectivity index (χ1n) is 6.53. The minimum atomic E-state index is -0.582. The van der Waals surface area contributed by atoms with E-state index >= 15 is 0 Å². The van der Waals surface area contributed by atoms with Gasteiger partial charge in [0, 0.05) is 23.0 Å². The number of amides is 1. The molecule has 1 aliphatic carbocycles. The lowest BCUT2D eigenvalue weighted by molar-refractivity contribution is 0.0947. The second-order valence-electron chi connectivity index (χ2n) is 5.36. The number of rotatable bonds is 4. The van der Waals surface area contributed by atoms with Crippen LogP contribution in [-0.2, 0) is 5.41 Å². The third kappa shape index (κ3) is 2.33. The number of hydrogen-bond donors (Lipinski definition) is 1. The Balaban J connectivity index is 1.59. The third-order valence-corrected chi connectivity index (χ3v) is 5.17. The summed E-state index contributed by atoms with van der Waals surface area (Å²) < 4.78 is 13.4. The maximum atomic E-state index is 13.4. The molecule has 5 heteroatoms. The molecule has 1 aliphatic rings. The average molecular weight is 290 g/mol. The molecule has 1 fully saturated rings. The topological polar surface area (TPSA) is 42.0 Å². The summed E-state index contributed by atoms with van der Waals surface area (Å²) in [5.41, 5.74) is 0.219. The minimum absolute atomic E-state index is 0.0541. The molecule has 0 aromatic carbocycles. The van der Waals surface area contributed by atoms with Gasteiger partial charge in [-0.25, -0.2) is 4.39 Å². The van der Waals surface area contributed by atoms with E-state index < -0.39 is 5.82 Å². The summed E-state index contributed by atoms with van der Waals surface area (Å²) in [5.74, 6) is -0.526. The van der Waals surface area contributed by atoms with E-state index in [0.717, 1.165) is 12.6 Å². The fraction of sp³-hybridized carbons (Fsp3) is 0.333. The summed E-state index contributed by atoms with van der Waals surface area (Å²) in [6.07, 6.45) is 3.54. The van der Waals surface area contributed by atoms with Gasteiger partial charge in [0.05, 0.1) is 11.8 Å². The van der Waals surface area contributed by atoms with Gasteiger partial charge in [0.2, 0.25) is 0 Å². The summed E-state index contributed by atoms with van der Waals surface area (Å²) in [4.78, 5) is 16.9. The van der Waals surface area contributed by atoms with E-state index in [1.54, 1.807) is 11.3 Å². The predicted molar refractivity (Wildman–Crippen MR) is 76.3 cm³/mol. The Morgan fingerprint density at radius 1 is 1.60 bits per heavy atom. The number of nitrogens with zero attached hydrogens (tertiary/aromatic N) is 1. The van der Waals surface area contributed by atoms with E-state index in [1.165, 1.54) is 17.1 Å². The molecule has 1 amide bonds. The number of thiophene rings is 1. The van der Waals surface area contributed by atoms with E-state index in [9.17, 15) is 9.18 Å². The molecular formula is C15H15FN2OS. The molecule has 2 atom stereocenters. The highest BCUT2D eigenvalue weighted by atomic mass is 32.1. The Kier molecular flexibility index (Phi) is 3.30. The lowest BCUT2D eigenvalue weighted by atomic mass is 10.0. The Hall–Kier alpha value is -1.75. The first kappa shape index (κ1) is 13.2. The van der Waals surface area contributed by atoms with Crippen LogP contribution in [0, 0.1) is 11.7 Å². The zero-order valence-corrected chi connectivity index (χ0v) is 11.9. The number of carbonyl (C=O) groups is 1. The monoisotopic (exact) mass is 290 g/mol. The van der Waals surface area contributed by atoms with Crippen molar-refractivity contribution >= 4 is 17.2 Å². The van der Waals surface area contributed by atoms with Crippen molar-refractivity contribution < 1.29 is 9.18 Å². The Bertz CT molecular complexity index is 629. The SMILES string of the molecule is CC1(c2cccs2)CC1CNC(=O)c1ccncc1F. The van der Waals surface area contributed by atoms with Crippen LogP contribution in [0.5, 0.6) is 0 Å². The summed E-state index contributed by atoms with van der Waals surface area (Å²) in [6, 6.07) is 5.58. The number of hydrogen-bond acceptors (Lipinski definition) is 3. The standard InChI is InChI=1S/C15H15FN2OS/c1-15(13-3-2-6-20-13)7-10(15)8-18-14(19)11-4-5-17-9-12(11)16/h2-6,9-10H,7-8H2,1H3,(H,18,19). The van der Waals surface area contributed by atoms with Gasteiger partial charge in [-0.3, -0.25) is 9.78 Å². The highest BCUT2D eigenvalue weighted by Crippen LogP contribution is 2.54. The molecule has 20 heavy (non-hydrogen) atoms. The second-order valence-corrected chi connectivity index (χ2v) is 6.31. The van der Waals surface area contributed by atoms with Crippen LogP contribution in [0.25, 0.3) is 0 Å². The maximum absolute atomic E-state index is 13.4. The van der Waals surface area contributed by atoms with Crippen molar-refractivity contribution in [1.29, 1.82) is 0 Å². The van der Waals surface area contributed by atoms with Crippen LogP contribution in [0.15, 0.2) is 36.0 Å². The third-order valence-electron chi connectivity index (χ3n) is 4.02. The van der Waals surface area contributed by atoms with Gasteiger partial charge in [0.25, 0.3) is 5.91 Å². The van der Waals surface area contributed by atoms with Crippen molar-refractivity contribution in [2.45, 2.75) is 18.8 Å². The molecule has 2 aromatic rings. The molecule has 0 radical (unpaired) electrons. The van der Waals surface area contributed by atoms with Gasteiger partial charge in [-0.1, -0.05) is 13.0 Å². The van der Waals surface area contributed by atoms with Crippen LogP contribution in [0.3, 0.4) is 0 Å². The van der Waals surface area contributed by atoms with Gasteiger partial charge in [-0.2, -0.15) is 0 Å². The molecule has 3 rings (SSSR count). The van der Waals surface area contributed by atoms with Crippen molar-refractivity contribution in [3.63, 3.8) is 0 Å². The van der Waals surface area contributed by atoms with Crippen molar-refractivity contribution in [3.05, 3.63) is 52.2 Å². The molecule has 1 saturated carbocycles. The van der Waals surface area contributed by atoms with Crippen LogP contribution < -0.4 is 5.32 Å². The summed E-state index contributed by atoms with van der Waals surface area (Å²) in [6.45, 7) is 2.79. The lowest BCUT2D eigenvalue weighted by Gasteiger charge is -2.10. The first-order chi connectivity index (χ1) is 9.61. The summed E-state index contributed by atoms with van der Waals surface area (Å²) >= 11 is 1.75. The fourth-order valence-corrected chi connectivity index (χ4v) is 3.51. The van der Waals surface area contributed by atoms with Gasteiger partial charge in [0.15, 0.2) is 5.82 Å². The van der Waals surface area contributed by atoms with E-state index in [0.29, 0.717) is 12.5 Å². The Labute approximate surface area is 120 Å². The Morgan fingerprint density at radius 2 is 2.45 bits per heavy atom. The van der Waals surface area contributed by atoms with Gasteiger partial charge in [0.1, 0.15) is 0 Å². The second kappa shape index (κ2) is 4.98. The molecule has 0 saturated heterocycles. The number of halogens is 1. The van der Waals surface area contributed by atoms with Crippen LogP contribution in [0.2, 0.25) is 0 Å². The molecule has 2 aromatic heterocycles. The highest BCUT2D eigenvalue weighted by Gasteiger charge is 2.51. The zero-order valence-electron chi connectivity index (χ0n) is 11.1. The summed E-state index contributed by atoms with van der Waals surface area (Å²) in [7, 11) is 0. The quantitative estimate of drug-likeness (QED) is 0.940. The molecule has 0 bridgehead atoms. The first-order valence-corrected chi connectivity index (χ1v) is 7.41. The largest absolute Gasteiger partial charge is 0.352 e. The molecule has 0 aliphatic heterocycles. The molecule has 0 spiro atoms. The lowest BCUT2D eigenvalue weighted by Crippen LogP contribution is -2.28. The van der Waals surface area contributed by atoms with Gasteiger partial charge in [-0.15, -0.1) is 11.3 Å². The van der Waals surface area contributed by atoms with E-state index in [1.807, 2.05) is 6.07 Å². The van der Waals surface area contributed by atoms with Crippen LogP contribution in [0.4, 0.5) is 4.39 Å². The predicted octanol–water partition coefficient (Wildman–Crippen LogP) is 2.99. The van der Waals surface area contributed by atoms with E-state index in [4.69, 9.17) is 0 Å². The van der Waals surface area contributed by atoms with Gasteiger partial charge >= 0.3 is 0 Å². The van der Waals surface area contributed by atoms with E-state index in [2.05, 4.69) is 28.7 Å². The van der Waals surface area contributed by atoms with Crippen LogP contribution in [-0.4, -0.2) is 17.4 Å². The molecular weight excluding hydrogens is 275 g/mol. The van der Waals surface area contributed by atoms with Crippen molar-refractivity contribution in [2.75, 3.05) is 6.54 Å². The number of pyridine rings is 1. The van der Waals surface area contributed by atoms with Crippen molar-refractivity contribution in [2.24, 2.45) is 5.92 Å². The zero-order chi connectivity index (χ0) is 14.2. The number of nitrogens with one attached hydrogen (secondary N) is 1. The normalized spacial score (nSPS) is 24.4. The molecule has 2 heterocycles. The number of aromatic nitrogens is 1. The number of carbonyl (C=O) groups excluding carboxylic acids is 1. The van der Waals surface area contributed by atoms with Crippen molar-refractivity contribution in [1.82, 2.24) is 10.3 Å². The van der Waals surface area contributed by atoms with Crippen LogP contribution >= 0.6 is 11.3 Å². The summed E-state index contributed by atoms with van der Waals surface area (Å²) in [5, 5.41) is 4.89. The van der Waals surface area contributed by atoms with E-state index in [-0.39, 0.29) is 16.9 Å². The minimum Gasteiger partial charge on any atom is -0.352 e. The van der Waals surface area contributed by atoms with Gasteiger partial charge < -0.3 is 5.32 Å². The average Bonchev–Trinajstić information content (AvgIpc) is 2.89. The fourth-order valence-electron chi connectivity index (χ4n) is 2.53. The van der Waals surface area contributed by atoms with Crippen molar-refractivity contribution in [3.8, 4) is 0 Å². The Morgan fingerprint density at radius 3 is 3.15 bits per heavy atom. The smallest absolute Gasteiger partial charge is 0.254 e. The van der Waals surface area contributed by atoms with Gasteiger partial charge in [-0.05, 0) is 29.9 Å². The molecule has 3 nitrogen and oxygen atoms in total.